The third kappa shape index (κ3) is 2.98. The summed E-state index contributed by atoms with van der Waals surface area (Å²) < 4.78 is 13.9. The van der Waals surface area contributed by atoms with Crippen LogP contribution in [0, 0.1) is 5.82 Å². The van der Waals surface area contributed by atoms with Crippen molar-refractivity contribution in [2.75, 3.05) is 22.5 Å². The van der Waals surface area contributed by atoms with Crippen molar-refractivity contribution < 1.29 is 4.39 Å². The predicted octanol–water partition coefficient (Wildman–Crippen LogP) is 3.50. The smallest absolute Gasteiger partial charge is 0.159 e. The highest BCUT2D eigenvalue weighted by molar-refractivity contribution is 5.78. The third-order valence-electron chi connectivity index (χ3n) is 4.42. The summed E-state index contributed by atoms with van der Waals surface area (Å²) in [4.78, 5) is 10.7. The van der Waals surface area contributed by atoms with E-state index < -0.39 is 0 Å². The minimum Gasteiger partial charge on any atom is -0.393 e. The first-order valence-electron chi connectivity index (χ1n) is 8.16. The van der Waals surface area contributed by atoms with Crippen LogP contribution in [0.2, 0.25) is 0 Å². The largest absolute Gasteiger partial charge is 0.393 e. The van der Waals surface area contributed by atoms with Crippen molar-refractivity contribution in [3.05, 3.63) is 71.8 Å². The molecule has 0 saturated heterocycles. The number of aromatic nitrogens is 2. The molecular weight excluding hydrogens is 317 g/mol. The van der Waals surface area contributed by atoms with E-state index in [2.05, 4.69) is 38.4 Å². The van der Waals surface area contributed by atoms with Crippen molar-refractivity contribution in [2.24, 2.45) is 0 Å². The van der Waals surface area contributed by atoms with Gasteiger partial charge in [-0.2, -0.15) is 0 Å². The number of hydrogen-bond donors (Lipinski definition) is 2. The molecule has 1 aliphatic rings. The molecular formula is C19H18FN5. The SMILES string of the molecule is Nc1c(Nc2ccccc2F)ncnc1N1CCc2ccccc2C1. The maximum absolute atomic E-state index is 13.9. The van der Waals surface area contributed by atoms with Gasteiger partial charge in [0, 0.05) is 13.1 Å². The van der Waals surface area contributed by atoms with Crippen LogP contribution in [-0.2, 0) is 13.0 Å². The Morgan fingerprint density at radius 1 is 1.00 bits per heavy atom. The summed E-state index contributed by atoms with van der Waals surface area (Å²) in [7, 11) is 0. The second-order valence-electron chi connectivity index (χ2n) is 6.00. The molecule has 3 aromatic rings. The number of nitrogens with zero attached hydrogens (tertiary/aromatic N) is 3. The van der Waals surface area contributed by atoms with E-state index in [0.717, 1.165) is 19.5 Å². The third-order valence-corrected chi connectivity index (χ3v) is 4.42. The van der Waals surface area contributed by atoms with Gasteiger partial charge in [0.15, 0.2) is 11.6 Å². The summed E-state index contributed by atoms with van der Waals surface area (Å²) in [5.41, 5.74) is 9.67. The number of nitrogens with one attached hydrogen (secondary N) is 1. The lowest BCUT2D eigenvalue weighted by atomic mass is 10.00. The summed E-state index contributed by atoms with van der Waals surface area (Å²) in [5.74, 6) is 0.728. The highest BCUT2D eigenvalue weighted by Gasteiger charge is 2.20. The van der Waals surface area contributed by atoms with Crippen LogP contribution >= 0.6 is 0 Å². The van der Waals surface area contributed by atoms with Crippen molar-refractivity contribution in [1.29, 1.82) is 0 Å². The first-order chi connectivity index (χ1) is 12.2. The van der Waals surface area contributed by atoms with Gasteiger partial charge in [-0.05, 0) is 29.7 Å². The number of halogens is 1. The van der Waals surface area contributed by atoms with Crippen LogP contribution in [0.15, 0.2) is 54.9 Å². The van der Waals surface area contributed by atoms with E-state index in [9.17, 15) is 4.39 Å². The van der Waals surface area contributed by atoms with E-state index in [0.29, 0.717) is 23.0 Å². The molecule has 0 amide bonds. The topological polar surface area (TPSA) is 67.1 Å². The van der Waals surface area contributed by atoms with Gasteiger partial charge in [-0.15, -0.1) is 0 Å². The van der Waals surface area contributed by atoms with Crippen molar-refractivity contribution in [1.82, 2.24) is 9.97 Å². The van der Waals surface area contributed by atoms with Gasteiger partial charge in [0.2, 0.25) is 0 Å². The zero-order chi connectivity index (χ0) is 17.2. The summed E-state index contributed by atoms with van der Waals surface area (Å²) in [6.07, 6.45) is 2.39. The van der Waals surface area contributed by atoms with E-state index >= 15 is 0 Å². The number of anilines is 4. The quantitative estimate of drug-likeness (QED) is 0.767. The maximum atomic E-state index is 13.9. The Hall–Kier alpha value is -3.15. The standard InChI is InChI=1S/C19H18FN5/c20-15-7-3-4-8-16(15)24-18-17(21)19(23-12-22-18)25-10-9-13-5-1-2-6-14(13)11-25/h1-8,12H,9-11,21H2,(H,22,23,24). The molecule has 0 spiro atoms. The fourth-order valence-corrected chi connectivity index (χ4v) is 3.10. The molecule has 4 rings (SSSR count). The molecule has 0 bridgehead atoms. The number of nitrogens with two attached hydrogens (primary N) is 1. The monoisotopic (exact) mass is 335 g/mol. The Labute approximate surface area is 145 Å². The molecule has 1 aliphatic heterocycles. The normalized spacial score (nSPS) is 13.4. The molecule has 0 fully saturated rings. The highest BCUT2D eigenvalue weighted by Crippen LogP contribution is 2.32. The molecule has 0 unspecified atom stereocenters. The van der Waals surface area contributed by atoms with Crippen molar-refractivity contribution in [3.63, 3.8) is 0 Å². The Bertz CT molecular complexity index is 912. The molecule has 5 nitrogen and oxygen atoms in total. The lowest BCUT2D eigenvalue weighted by molar-refractivity contribution is 0.632. The van der Waals surface area contributed by atoms with Crippen molar-refractivity contribution in [2.45, 2.75) is 13.0 Å². The first-order valence-corrected chi connectivity index (χ1v) is 8.16. The molecule has 126 valence electrons. The lowest BCUT2D eigenvalue weighted by Gasteiger charge is -2.30. The van der Waals surface area contributed by atoms with Crippen LogP contribution < -0.4 is 16.0 Å². The summed E-state index contributed by atoms with van der Waals surface area (Å²) in [6, 6.07) is 14.8. The van der Waals surface area contributed by atoms with Crippen LogP contribution in [0.5, 0.6) is 0 Å². The number of para-hydroxylation sites is 1. The van der Waals surface area contributed by atoms with Crippen LogP contribution in [0.3, 0.4) is 0 Å². The van der Waals surface area contributed by atoms with Gasteiger partial charge in [-0.1, -0.05) is 36.4 Å². The van der Waals surface area contributed by atoms with Crippen LogP contribution in [0.4, 0.5) is 27.4 Å². The highest BCUT2D eigenvalue weighted by atomic mass is 19.1. The van der Waals surface area contributed by atoms with Gasteiger partial charge >= 0.3 is 0 Å². The fraction of sp³-hybridized carbons (Fsp3) is 0.158. The molecule has 2 aromatic carbocycles. The zero-order valence-electron chi connectivity index (χ0n) is 13.6. The Balaban J connectivity index is 1.63. The molecule has 2 heterocycles. The lowest BCUT2D eigenvalue weighted by Crippen LogP contribution is -2.31. The first kappa shape index (κ1) is 15.4. The molecule has 25 heavy (non-hydrogen) atoms. The van der Waals surface area contributed by atoms with E-state index in [-0.39, 0.29) is 5.82 Å². The minimum atomic E-state index is -0.353. The number of rotatable bonds is 3. The molecule has 0 radical (unpaired) electrons. The number of fused-ring (bicyclic) bond motifs is 1. The van der Waals surface area contributed by atoms with Crippen molar-refractivity contribution >= 4 is 23.0 Å². The van der Waals surface area contributed by atoms with E-state index in [1.807, 2.05) is 6.07 Å². The predicted molar refractivity (Wildman–Crippen MR) is 97.3 cm³/mol. The van der Waals surface area contributed by atoms with Gasteiger partial charge in [0.1, 0.15) is 17.8 Å². The number of benzene rings is 2. The molecule has 6 heteroatoms. The second kappa shape index (κ2) is 6.39. The summed E-state index contributed by atoms with van der Waals surface area (Å²) in [5, 5.41) is 2.96. The Morgan fingerprint density at radius 2 is 1.76 bits per heavy atom. The van der Waals surface area contributed by atoms with Crippen molar-refractivity contribution in [3.8, 4) is 0 Å². The Kier molecular flexibility index (Phi) is 3.93. The fourth-order valence-electron chi connectivity index (χ4n) is 3.10. The number of hydrogen-bond acceptors (Lipinski definition) is 5. The average Bonchev–Trinajstić information content (AvgIpc) is 2.65. The second-order valence-corrected chi connectivity index (χ2v) is 6.00. The summed E-state index contributed by atoms with van der Waals surface area (Å²) in [6.45, 7) is 1.58. The van der Waals surface area contributed by atoms with Gasteiger partial charge in [-0.25, -0.2) is 14.4 Å². The summed E-state index contributed by atoms with van der Waals surface area (Å²) >= 11 is 0. The minimum absolute atomic E-state index is 0.336. The zero-order valence-corrected chi connectivity index (χ0v) is 13.6. The molecule has 1 aromatic heterocycles. The Morgan fingerprint density at radius 3 is 2.60 bits per heavy atom. The molecule has 0 aliphatic carbocycles. The molecule has 3 N–H and O–H groups in total. The average molecular weight is 335 g/mol. The van der Waals surface area contributed by atoms with E-state index in [1.165, 1.54) is 23.5 Å². The van der Waals surface area contributed by atoms with Crippen LogP contribution in [0.1, 0.15) is 11.1 Å². The van der Waals surface area contributed by atoms with Gasteiger partial charge in [0.05, 0.1) is 5.69 Å². The van der Waals surface area contributed by atoms with Gasteiger partial charge in [0.25, 0.3) is 0 Å². The van der Waals surface area contributed by atoms with Crippen LogP contribution in [0.25, 0.3) is 0 Å². The van der Waals surface area contributed by atoms with Crippen LogP contribution in [-0.4, -0.2) is 16.5 Å². The van der Waals surface area contributed by atoms with E-state index in [4.69, 9.17) is 5.73 Å². The molecule has 0 saturated carbocycles. The molecule has 0 atom stereocenters. The number of nitrogen functional groups attached to an aromatic ring is 1. The maximum Gasteiger partial charge on any atom is 0.159 e. The van der Waals surface area contributed by atoms with Gasteiger partial charge in [-0.3, -0.25) is 0 Å². The van der Waals surface area contributed by atoms with E-state index in [1.54, 1.807) is 18.2 Å². The van der Waals surface area contributed by atoms with Gasteiger partial charge < -0.3 is 16.0 Å².